The summed E-state index contributed by atoms with van der Waals surface area (Å²) in [6.07, 6.45) is 1.98. The Morgan fingerprint density at radius 2 is 2.00 bits per heavy atom. The summed E-state index contributed by atoms with van der Waals surface area (Å²) in [4.78, 5) is 15.9. The van der Waals surface area contributed by atoms with Crippen LogP contribution in [0.2, 0.25) is 0 Å². The molecule has 2 nitrogen and oxygen atoms in total. The minimum Gasteiger partial charge on any atom is -0.294 e. The number of rotatable bonds is 4. The molecule has 0 aliphatic carbocycles. The normalized spacial score (nSPS) is 10.5. The van der Waals surface area contributed by atoms with Crippen LogP contribution in [0.4, 0.5) is 8.78 Å². The van der Waals surface area contributed by atoms with Crippen molar-refractivity contribution in [1.29, 1.82) is 0 Å². The molecule has 0 amide bonds. The zero-order chi connectivity index (χ0) is 13.8. The van der Waals surface area contributed by atoms with Gasteiger partial charge < -0.3 is 0 Å². The van der Waals surface area contributed by atoms with Crippen LogP contribution in [0.25, 0.3) is 0 Å². The third-order valence-corrected chi connectivity index (χ3v) is 3.27. The fourth-order valence-electron chi connectivity index (χ4n) is 1.70. The Labute approximate surface area is 117 Å². The van der Waals surface area contributed by atoms with Gasteiger partial charge in [-0.1, -0.05) is 6.07 Å². The van der Waals surface area contributed by atoms with Crippen molar-refractivity contribution in [3.05, 3.63) is 63.9 Å². The van der Waals surface area contributed by atoms with E-state index in [1.807, 2.05) is 0 Å². The summed E-state index contributed by atoms with van der Waals surface area (Å²) in [7, 11) is 0. The van der Waals surface area contributed by atoms with Crippen LogP contribution in [0.3, 0.4) is 0 Å². The van der Waals surface area contributed by atoms with Crippen molar-refractivity contribution in [3.63, 3.8) is 0 Å². The summed E-state index contributed by atoms with van der Waals surface area (Å²) in [5.41, 5.74) is 0.219. The molecule has 1 aromatic carbocycles. The van der Waals surface area contributed by atoms with E-state index >= 15 is 0 Å². The minimum absolute atomic E-state index is 0.0152. The van der Waals surface area contributed by atoms with Crippen molar-refractivity contribution in [1.82, 2.24) is 4.98 Å². The van der Waals surface area contributed by atoms with Gasteiger partial charge in [-0.05, 0) is 46.6 Å². The van der Waals surface area contributed by atoms with Crippen LogP contribution in [-0.2, 0) is 6.42 Å². The van der Waals surface area contributed by atoms with E-state index in [0.29, 0.717) is 12.1 Å². The summed E-state index contributed by atoms with van der Waals surface area (Å²) in [5, 5.41) is 0. The van der Waals surface area contributed by atoms with E-state index in [1.165, 1.54) is 6.07 Å². The molecule has 1 aromatic heterocycles. The number of benzene rings is 1. The Hall–Kier alpha value is -1.62. The van der Waals surface area contributed by atoms with Crippen LogP contribution in [-0.4, -0.2) is 10.8 Å². The quantitative estimate of drug-likeness (QED) is 0.629. The van der Waals surface area contributed by atoms with Crippen LogP contribution in [0.1, 0.15) is 22.5 Å². The Morgan fingerprint density at radius 1 is 1.21 bits per heavy atom. The molecule has 19 heavy (non-hydrogen) atoms. The summed E-state index contributed by atoms with van der Waals surface area (Å²) in [5.74, 6) is -2.26. The average molecular weight is 326 g/mol. The molecule has 0 saturated heterocycles. The van der Waals surface area contributed by atoms with Crippen molar-refractivity contribution in [2.24, 2.45) is 0 Å². The van der Waals surface area contributed by atoms with Crippen LogP contribution in [0, 0.1) is 11.6 Å². The second kappa shape index (κ2) is 6.02. The van der Waals surface area contributed by atoms with Gasteiger partial charge in [0.15, 0.2) is 11.6 Å². The first-order valence-corrected chi connectivity index (χ1v) is 6.45. The number of Topliss-reactive ketones (excluding diaryl/α,β-unsaturated/α-hetero) is 1. The lowest BCUT2D eigenvalue weighted by Crippen LogP contribution is -2.08. The number of hydrogen-bond donors (Lipinski definition) is 0. The number of hydrogen-bond acceptors (Lipinski definition) is 2. The van der Waals surface area contributed by atoms with Gasteiger partial charge >= 0.3 is 0 Å². The van der Waals surface area contributed by atoms with Crippen LogP contribution >= 0.6 is 15.9 Å². The lowest BCUT2D eigenvalue weighted by molar-refractivity contribution is 0.0974. The number of carbonyl (C=O) groups is 1. The number of ketones is 1. The standard InChI is InChI=1S/C14H10BrF2NO/c15-10-5-6-11(16)13(14(10)17)12(19)7-4-9-3-1-2-8-18-9/h1-3,5-6,8H,4,7H2. The van der Waals surface area contributed by atoms with Crippen LogP contribution < -0.4 is 0 Å². The fraction of sp³-hybridized carbons (Fsp3) is 0.143. The Kier molecular flexibility index (Phi) is 4.37. The minimum atomic E-state index is -0.856. The van der Waals surface area contributed by atoms with E-state index in [-0.39, 0.29) is 10.9 Å². The maximum Gasteiger partial charge on any atom is 0.169 e. The molecule has 5 heteroatoms. The average Bonchev–Trinajstić information content (AvgIpc) is 2.42. The van der Waals surface area contributed by atoms with Crippen LogP contribution in [0.15, 0.2) is 41.0 Å². The maximum atomic E-state index is 13.7. The monoisotopic (exact) mass is 325 g/mol. The summed E-state index contributed by atoms with van der Waals surface area (Å²) in [6, 6.07) is 7.63. The molecule has 1 heterocycles. The van der Waals surface area contributed by atoms with E-state index in [2.05, 4.69) is 20.9 Å². The van der Waals surface area contributed by atoms with Gasteiger partial charge in [0.05, 0.1) is 10.0 Å². The van der Waals surface area contributed by atoms with Crippen molar-refractivity contribution in [2.45, 2.75) is 12.8 Å². The number of nitrogens with zero attached hydrogens (tertiary/aromatic N) is 1. The lowest BCUT2D eigenvalue weighted by atomic mass is 10.0. The summed E-state index contributed by atoms with van der Waals surface area (Å²) in [6.45, 7) is 0. The van der Waals surface area contributed by atoms with Crippen molar-refractivity contribution in [2.75, 3.05) is 0 Å². The van der Waals surface area contributed by atoms with E-state index < -0.39 is 23.0 Å². The highest BCUT2D eigenvalue weighted by Gasteiger charge is 2.19. The highest BCUT2D eigenvalue weighted by Crippen LogP contribution is 2.23. The SMILES string of the molecule is O=C(CCc1ccccn1)c1c(F)ccc(Br)c1F. The predicted octanol–water partition coefficient (Wildman–Crippen LogP) is 3.94. The third kappa shape index (κ3) is 3.23. The molecule has 0 fully saturated rings. The second-order valence-corrected chi connectivity index (χ2v) is 4.82. The first-order valence-electron chi connectivity index (χ1n) is 5.66. The molecule has 0 atom stereocenters. The Bertz CT molecular complexity index is 602. The molecule has 0 radical (unpaired) electrons. The molecule has 0 unspecified atom stereocenters. The number of carbonyl (C=O) groups excluding carboxylic acids is 1. The van der Waals surface area contributed by atoms with E-state index in [4.69, 9.17) is 0 Å². The van der Waals surface area contributed by atoms with Gasteiger partial charge in [-0.3, -0.25) is 9.78 Å². The number of halogens is 3. The van der Waals surface area contributed by atoms with Gasteiger partial charge in [-0.25, -0.2) is 8.78 Å². The topological polar surface area (TPSA) is 30.0 Å². The first kappa shape index (κ1) is 13.8. The van der Waals surface area contributed by atoms with Gasteiger partial charge in [0.2, 0.25) is 0 Å². The Balaban J connectivity index is 2.15. The van der Waals surface area contributed by atoms with Crippen LogP contribution in [0.5, 0.6) is 0 Å². The van der Waals surface area contributed by atoms with E-state index in [0.717, 1.165) is 6.07 Å². The van der Waals surface area contributed by atoms with Crippen molar-refractivity contribution >= 4 is 21.7 Å². The number of pyridine rings is 1. The number of aryl methyl sites for hydroxylation is 1. The van der Waals surface area contributed by atoms with Gasteiger partial charge in [0, 0.05) is 18.3 Å². The molecule has 0 aliphatic rings. The van der Waals surface area contributed by atoms with Gasteiger partial charge in [-0.15, -0.1) is 0 Å². The van der Waals surface area contributed by atoms with Crippen molar-refractivity contribution < 1.29 is 13.6 Å². The van der Waals surface area contributed by atoms with Crippen molar-refractivity contribution in [3.8, 4) is 0 Å². The molecule has 2 aromatic rings. The molecule has 2 rings (SSSR count). The summed E-state index contributed by atoms with van der Waals surface area (Å²) < 4.78 is 27.3. The largest absolute Gasteiger partial charge is 0.294 e. The zero-order valence-electron chi connectivity index (χ0n) is 9.87. The smallest absolute Gasteiger partial charge is 0.169 e. The first-order chi connectivity index (χ1) is 9.09. The molecular weight excluding hydrogens is 316 g/mol. The maximum absolute atomic E-state index is 13.7. The third-order valence-electron chi connectivity index (χ3n) is 2.66. The lowest BCUT2D eigenvalue weighted by Gasteiger charge is -2.05. The van der Waals surface area contributed by atoms with Gasteiger partial charge in [0.1, 0.15) is 5.82 Å². The van der Waals surface area contributed by atoms with Gasteiger partial charge in [-0.2, -0.15) is 0 Å². The predicted molar refractivity (Wildman–Crippen MR) is 70.9 cm³/mol. The molecule has 0 aliphatic heterocycles. The van der Waals surface area contributed by atoms with E-state index in [1.54, 1.807) is 24.4 Å². The molecule has 0 bridgehead atoms. The zero-order valence-corrected chi connectivity index (χ0v) is 11.5. The molecule has 0 spiro atoms. The molecule has 0 N–H and O–H groups in total. The number of aromatic nitrogens is 1. The fourth-order valence-corrected chi connectivity index (χ4v) is 2.03. The van der Waals surface area contributed by atoms with E-state index in [9.17, 15) is 13.6 Å². The highest BCUT2D eigenvalue weighted by atomic mass is 79.9. The molecule has 0 saturated carbocycles. The molecular formula is C14H10BrF2NO. The molecule has 98 valence electrons. The second-order valence-electron chi connectivity index (χ2n) is 3.96. The van der Waals surface area contributed by atoms with Gasteiger partial charge in [0.25, 0.3) is 0 Å². The summed E-state index contributed by atoms with van der Waals surface area (Å²) >= 11 is 2.94. The highest BCUT2D eigenvalue weighted by molar-refractivity contribution is 9.10. The Morgan fingerprint density at radius 3 is 2.68 bits per heavy atom.